The number of fused-ring (bicyclic) bond motifs is 1. The summed E-state index contributed by atoms with van der Waals surface area (Å²) in [5.74, 6) is -0.917. The molecular weight excluding hydrogens is 388 g/mol. The largest absolute Gasteiger partial charge is 0.368 e. The van der Waals surface area contributed by atoms with Gasteiger partial charge in [-0.2, -0.15) is 0 Å². The van der Waals surface area contributed by atoms with Crippen molar-refractivity contribution in [1.82, 2.24) is 10.6 Å². The molecule has 2 N–H and O–H groups in total. The number of hydrazine groups is 1. The zero-order valence-electron chi connectivity index (χ0n) is 14.5. The predicted molar refractivity (Wildman–Crippen MR) is 104 cm³/mol. The SMILES string of the molecule is Cc1ccc(N2NOC(=O)C2S(=O)(=O)Nc2nc3cc(C)ccc3s2)cc1. The van der Waals surface area contributed by atoms with Gasteiger partial charge in [0, 0.05) is 0 Å². The van der Waals surface area contributed by atoms with E-state index >= 15 is 0 Å². The number of benzene rings is 2. The number of rotatable bonds is 4. The maximum atomic E-state index is 12.9. The van der Waals surface area contributed by atoms with Crippen LogP contribution in [0, 0.1) is 13.8 Å². The van der Waals surface area contributed by atoms with Crippen LogP contribution < -0.4 is 15.3 Å². The van der Waals surface area contributed by atoms with Gasteiger partial charge in [0.1, 0.15) is 0 Å². The summed E-state index contributed by atoms with van der Waals surface area (Å²) in [7, 11) is -4.14. The van der Waals surface area contributed by atoms with E-state index in [1.54, 1.807) is 12.1 Å². The lowest BCUT2D eigenvalue weighted by Crippen LogP contribution is -2.46. The Morgan fingerprint density at radius 2 is 1.85 bits per heavy atom. The van der Waals surface area contributed by atoms with Crippen LogP contribution in [-0.2, 0) is 19.7 Å². The quantitative estimate of drug-likeness (QED) is 0.689. The van der Waals surface area contributed by atoms with Gasteiger partial charge >= 0.3 is 5.97 Å². The van der Waals surface area contributed by atoms with Crippen LogP contribution in [-0.4, -0.2) is 24.7 Å². The minimum absolute atomic E-state index is 0.194. The lowest BCUT2D eigenvalue weighted by molar-refractivity contribution is -0.142. The molecule has 0 spiro atoms. The van der Waals surface area contributed by atoms with Crippen LogP contribution in [0.15, 0.2) is 42.5 Å². The molecule has 1 aromatic heterocycles. The maximum absolute atomic E-state index is 12.9. The van der Waals surface area contributed by atoms with Gasteiger partial charge in [-0.3, -0.25) is 4.72 Å². The lowest BCUT2D eigenvalue weighted by atomic mass is 10.2. The van der Waals surface area contributed by atoms with Crippen molar-refractivity contribution < 1.29 is 18.0 Å². The van der Waals surface area contributed by atoms with Crippen LogP contribution in [0.3, 0.4) is 0 Å². The summed E-state index contributed by atoms with van der Waals surface area (Å²) in [5.41, 5.74) is 5.58. The number of aromatic nitrogens is 1. The number of anilines is 2. The standard InChI is InChI=1S/C17H16N4O4S2/c1-10-3-6-12(7-4-10)21-15(16(22)25-20-21)27(23,24)19-17-18-13-9-11(2)5-8-14(13)26-17/h3-9,15,20H,1-2H3,(H,18,19). The highest BCUT2D eigenvalue weighted by molar-refractivity contribution is 7.94. The highest BCUT2D eigenvalue weighted by Crippen LogP contribution is 2.29. The fourth-order valence-electron chi connectivity index (χ4n) is 2.72. The second kappa shape index (κ2) is 6.48. The van der Waals surface area contributed by atoms with Crippen molar-refractivity contribution in [2.75, 3.05) is 9.73 Å². The number of hydrogen-bond donors (Lipinski definition) is 2. The molecule has 2 heterocycles. The first-order valence-corrected chi connectivity index (χ1v) is 10.4. The number of aryl methyl sites for hydroxylation is 2. The van der Waals surface area contributed by atoms with E-state index in [4.69, 9.17) is 4.84 Å². The Morgan fingerprint density at radius 3 is 2.59 bits per heavy atom. The first-order chi connectivity index (χ1) is 12.8. The third-order valence-corrected chi connectivity index (χ3v) is 6.61. The molecule has 1 aliphatic heterocycles. The van der Waals surface area contributed by atoms with Crippen LogP contribution in [0.4, 0.5) is 10.8 Å². The molecule has 1 unspecified atom stereocenters. The number of sulfonamides is 1. The number of hydrogen-bond acceptors (Lipinski definition) is 8. The zero-order valence-corrected chi connectivity index (χ0v) is 16.1. The number of carbonyl (C=O) groups excluding carboxylic acids is 1. The van der Waals surface area contributed by atoms with Crippen LogP contribution in [0.2, 0.25) is 0 Å². The van der Waals surface area contributed by atoms with E-state index in [1.807, 2.05) is 44.2 Å². The van der Waals surface area contributed by atoms with Crippen LogP contribution in [0.1, 0.15) is 11.1 Å². The Kier molecular flexibility index (Phi) is 4.25. The number of carbonyl (C=O) groups is 1. The summed E-state index contributed by atoms with van der Waals surface area (Å²) in [5, 5.41) is -0.213. The van der Waals surface area contributed by atoms with Gasteiger partial charge in [0.25, 0.3) is 15.4 Å². The highest BCUT2D eigenvalue weighted by Gasteiger charge is 2.46. The van der Waals surface area contributed by atoms with Gasteiger partial charge in [-0.15, -0.1) is 0 Å². The predicted octanol–water partition coefficient (Wildman–Crippen LogP) is 2.46. The molecule has 0 aliphatic carbocycles. The molecule has 0 saturated carbocycles. The van der Waals surface area contributed by atoms with E-state index in [1.165, 1.54) is 16.3 Å². The average Bonchev–Trinajstić information content (AvgIpc) is 3.18. The Balaban J connectivity index is 1.65. The Morgan fingerprint density at radius 1 is 1.15 bits per heavy atom. The van der Waals surface area contributed by atoms with E-state index in [9.17, 15) is 13.2 Å². The van der Waals surface area contributed by atoms with Gasteiger partial charge in [-0.1, -0.05) is 40.7 Å². The molecule has 1 saturated heterocycles. The molecule has 3 aromatic rings. The smallest absolute Gasteiger partial charge is 0.347 e. The Labute approximate surface area is 159 Å². The van der Waals surface area contributed by atoms with E-state index in [-0.39, 0.29) is 5.13 Å². The van der Waals surface area contributed by atoms with Crippen molar-refractivity contribution in [3.8, 4) is 0 Å². The zero-order chi connectivity index (χ0) is 19.2. The topological polar surface area (TPSA) is 101 Å². The molecular formula is C17H16N4O4S2. The van der Waals surface area contributed by atoms with E-state index in [2.05, 4.69) is 15.3 Å². The van der Waals surface area contributed by atoms with Crippen molar-refractivity contribution >= 4 is 48.4 Å². The van der Waals surface area contributed by atoms with E-state index in [0.29, 0.717) is 11.2 Å². The summed E-state index contributed by atoms with van der Waals surface area (Å²) in [4.78, 5) is 21.2. The minimum atomic E-state index is -4.14. The maximum Gasteiger partial charge on any atom is 0.368 e. The van der Waals surface area contributed by atoms with Gasteiger partial charge in [0.2, 0.25) is 0 Å². The Hall–Kier alpha value is -2.69. The van der Waals surface area contributed by atoms with Gasteiger partial charge in [0.05, 0.1) is 15.9 Å². The molecule has 10 heteroatoms. The summed E-state index contributed by atoms with van der Waals surface area (Å²) in [6.07, 6.45) is 0. The summed E-state index contributed by atoms with van der Waals surface area (Å²) < 4.78 is 29.0. The molecule has 1 aliphatic rings. The lowest BCUT2D eigenvalue weighted by Gasteiger charge is -2.21. The van der Waals surface area contributed by atoms with Crippen LogP contribution >= 0.6 is 11.3 Å². The molecule has 140 valence electrons. The van der Waals surface area contributed by atoms with Crippen molar-refractivity contribution in [3.63, 3.8) is 0 Å². The molecule has 27 heavy (non-hydrogen) atoms. The summed E-state index contributed by atoms with van der Waals surface area (Å²) in [6.45, 7) is 3.84. The van der Waals surface area contributed by atoms with E-state index < -0.39 is 21.4 Å². The molecule has 8 nitrogen and oxygen atoms in total. The van der Waals surface area contributed by atoms with Gasteiger partial charge in [-0.25, -0.2) is 23.2 Å². The number of thiazole rings is 1. The molecule has 1 fully saturated rings. The summed E-state index contributed by atoms with van der Waals surface area (Å²) >= 11 is 1.20. The van der Waals surface area contributed by atoms with Crippen molar-refractivity contribution in [1.29, 1.82) is 0 Å². The molecule has 0 radical (unpaired) electrons. The second-order valence-corrected chi connectivity index (χ2v) is 8.98. The molecule has 4 rings (SSSR count). The first kappa shape index (κ1) is 17.7. The minimum Gasteiger partial charge on any atom is -0.347 e. The second-order valence-electron chi connectivity index (χ2n) is 6.21. The summed E-state index contributed by atoms with van der Waals surface area (Å²) in [6, 6.07) is 12.7. The number of nitrogens with zero attached hydrogens (tertiary/aromatic N) is 2. The Bertz CT molecular complexity index is 1130. The van der Waals surface area contributed by atoms with Crippen LogP contribution in [0.25, 0.3) is 10.2 Å². The highest BCUT2D eigenvalue weighted by atomic mass is 32.2. The number of nitrogens with one attached hydrogen (secondary N) is 2. The van der Waals surface area contributed by atoms with Crippen LogP contribution in [0.5, 0.6) is 0 Å². The van der Waals surface area contributed by atoms with E-state index in [0.717, 1.165) is 15.8 Å². The first-order valence-electron chi connectivity index (χ1n) is 8.04. The molecule has 1 atom stereocenters. The third kappa shape index (κ3) is 3.34. The average molecular weight is 404 g/mol. The van der Waals surface area contributed by atoms with Crippen molar-refractivity contribution in [2.45, 2.75) is 19.2 Å². The van der Waals surface area contributed by atoms with Gasteiger partial charge in [-0.05, 0) is 43.7 Å². The normalized spacial score (nSPS) is 17.3. The van der Waals surface area contributed by atoms with Crippen molar-refractivity contribution in [3.05, 3.63) is 53.6 Å². The van der Waals surface area contributed by atoms with Gasteiger partial charge in [0.15, 0.2) is 5.13 Å². The van der Waals surface area contributed by atoms with Crippen molar-refractivity contribution in [2.24, 2.45) is 0 Å². The van der Waals surface area contributed by atoms with Gasteiger partial charge < -0.3 is 4.84 Å². The fourth-order valence-corrected chi connectivity index (χ4v) is 5.07. The molecule has 2 aromatic carbocycles. The molecule has 0 amide bonds. The monoisotopic (exact) mass is 404 g/mol. The molecule has 0 bridgehead atoms. The third-order valence-electron chi connectivity index (χ3n) is 4.06. The fraction of sp³-hybridized carbons (Fsp3) is 0.176.